The number of hydrogen-bond acceptors (Lipinski definition) is 3. The van der Waals surface area contributed by atoms with Crippen LogP contribution in [0.15, 0.2) is 54.1 Å². The van der Waals surface area contributed by atoms with Crippen molar-refractivity contribution in [1.29, 1.82) is 0 Å². The lowest BCUT2D eigenvalue weighted by atomic mass is 9.97. The highest BCUT2D eigenvalue weighted by Crippen LogP contribution is 2.12. The van der Waals surface area contributed by atoms with Crippen LogP contribution in [0.3, 0.4) is 0 Å². The maximum absolute atomic E-state index is 11.9. The highest BCUT2D eigenvalue weighted by molar-refractivity contribution is 6.47. The SMILES string of the molecule is O=C1C=CC(C(=O)c2ccccc2)=CC1=O. The summed E-state index contributed by atoms with van der Waals surface area (Å²) in [4.78, 5) is 33.9. The molecule has 16 heavy (non-hydrogen) atoms. The molecule has 0 saturated carbocycles. The number of benzene rings is 1. The van der Waals surface area contributed by atoms with E-state index in [9.17, 15) is 14.4 Å². The molecule has 0 saturated heterocycles. The highest BCUT2D eigenvalue weighted by atomic mass is 16.2. The van der Waals surface area contributed by atoms with E-state index < -0.39 is 11.6 Å². The van der Waals surface area contributed by atoms with Crippen LogP contribution in [0, 0.1) is 0 Å². The zero-order chi connectivity index (χ0) is 11.5. The van der Waals surface area contributed by atoms with Crippen LogP contribution in [0.25, 0.3) is 0 Å². The van der Waals surface area contributed by atoms with Crippen molar-refractivity contribution in [2.45, 2.75) is 0 Å². The van der Waals surface area contributed by atoms with Crippen molar-refractivity contribution in [2.75, 3.05) is 0 Å². The van der Waals surface area contributed by atoms with Crippen molar-refractivity contribution in [3.63, 3.8) is 0 Å². The van der Waals surface area contributed by atoms with Crippen LogP contribution in [-0.2, 0) is 9.59 Å². The standard InChI is InChI=1S/C13H8O3/c14-11-7-6-10(8-12(11)15)13(16)9-4-2-1-3-5-9/h1-8H. The Morgan fingerprint density at radius 2 is 1.56 bits per heavy atom. The Labute approximate surface area is 92.1 Å². The number of allylic oxidation sites excluding steroid dienone is 4. The summed E-state index contributed by atoms with van der Waals surface area (Å²) >= 11 is 0. The largest absolute Gasteiger partial charge is 0.289 e. The lowest BCUT2D eigenvalue weighted by molar-refractivity contribution is -0.131. The number of rotatable bonds is 2. The fourth-order valence-electron chi connectivity index (χ4n) is 1.41. The average Bonchev–Trinajstić information content (AvgIpc) is 2.33. The summed E-state index contributed by atoms with van der Waals surface area (Å²) in [5.41, 5.74) is 0.747. The first-order chi connectivity index (χ1) is 7.68. The Bertz CT molecular complexity index is 521. The fourth-order valence-corrected chi connectivity index (χ4v) is 1.41. The number of hydrogen-bond donors (Lipinski definition) is 0. The molecule has 0 aromatic heterocycles. The minimum absolute atomic E-state index is 0.246. The third-order valence-electron chi connectivity index (χ3n) is 2.24. The predicted octanol–water partition coefficient (Wildman–Crippen LogP) is 1.50. The van der Waals surface area contributed by atoms with Gasteiger partial charge in [0.25, 0.3) is 0 Å². The fraction of sp³-hybridized carbons (Fsp3) is 0. The Hall–Kier alpha value is -2.29. The van der Waals surface area contributed by atoms with Gasteiger partial charge in [-0.05, 0) is 12.2 Å². The lowest BCUT2D eigenvalue weighted by Gasteiger charge is -2.04. The Balaban J connectivity index is 2.32. The number of carbonyl (C=O) groups is 3. The van der Waals surface area contributed by atoms with Gasteiger partial charge in [-0.3, -0.25) is 14.4 Å². The highest BCUT2D eigenvalue weighted by Gasteiger charge is 2.18. The molecule has 0 heterocycles. The van der Waals surface area contributed by atoms with Crippen molar-refractivity contribution in [2.24, 2.45) is 0 Å². The minimum atomic E-state index is -0.651. The van der Waals surface area contributed by atoms with E-state index >= 15 is 0 Å². The molecule has 78 valence electrons. The number of carbonyl (C=O) groups excluding carboxylic acids is 3. The molecule has 1 aliphatic carbocycles. The summed E-state index contributed by atoms with van der Waals surface area (Å²) < 4.78 is 0. The molecule has 0 bridgehead atoms. The quantitative estimate of drug-likeness (QED) is 0.424. The molecule has 0 atom stereocenters. The van der Waals surface area contributed by atoms with Gasteiger partial charge in [0.2, 0.25) is 11.6 Å². The van der Waals surface area contributed by atoms with Gasteiger partial charge in [-0.15, -0.1) is 0 Å². The summed E-state index contributed by atoms with van der Waals surface area (Å²) in [5.74, 6) is -1.50. The van der Waals surface area contributed by atoms with Crippen molar-refractivity contribution in [1.82, 2.24) is 0 Å². The van der Waals surface area contributed by atoms with Gasteiger partial charge in [-0.25, -0.2) is 0 Å². The Morgan fingerprint density at radius 3 is 2.19 bits per heavy atom. The van der Waals surface area contributed by atoms with E-state index in [1.807, 2.05) is 0 Å². The van der Waals surface area contributed by atoms with Gasteiger partial charge < -0.3 is 0 Å². The van der Waals surface area contributed by atoms with Gasteiger partial charge in [0.1, 0.15) is 0 Å². The van der Waals surface area contributed by atoms with E-state index in [4.69, 9.17) is 0 Å². The van der Waals surface area contributed by atoms with Gasteiger partial charge in [0.15, 0.2) is 5.78 Å². The van der Waals surface area contributed by atoms with E-state index in [1.54, 1.807) is 30.3 Å². The van der Waals surface area contributed by atoms with Crippen LogP contribution < -0.4 is 0 Å². The maximum atomic E-state index is 11.9. The lowest BCUT2D eigenvalue weighted by Crippen LogP contribution is -2.15. The molecule has 1 aliphatic rings. The molecular formula is C13H8O3. The number of ketones is 3. The van der Waals surface area contributed by atoms with Gasteiger partial charge in [-0.1, -0.05) is 30.3 Å². The van der Waals surface area contributed by atoms with E-state index in [2.05, 4.69) is 0 Å². The van der Waals surface area contributed by atoms with Crippen LogP contribution in [0.1, 0.15) is 10.4 Å². The second-order valence-corrected chi connectivity index (χ2v) is 3.36. The third-order valence-corrected chi connectivity index (χ3v) is 2.24. The zero-order valence-electron chi connectivity index (χ0n) is 8.34. The summed E-state index contributed by atoms with van der Waals surface area (Å²) in [6.07, 6.45) is 3.58. The molecule has 1 aromatic rings. The van der Waals surface area contributed by atoms with Crippen LogP contribution in [0.4, 0.5) is 0 Å². The van der Waals surface area contributed by atoms with Crippen molar-refractivity contribution in [3.05, 3.63) is 59.7 Å². The zero-order valence-corrected chi connectivity index (χ0v) is 8.34. The van der Waals surface area contributed by atoms with E-state index in [0.29, 0.717) is 5.56 Å². The predicted molar refractivity (Wildman–Crippen MR) is 58.0 cm³/mol. The maximum Gasteiger partial charge on any atom is 0.226 e. The summed E-state index contributed by atoms with van der Waals surface area (Å²) in [6.45, 7) is 0. The van der Waals surface area contributed by atoms with Crippen LogP contribution in [-0.4, -0.2) is 17.3 Å². The van der Waals surface area contributed by atoms with E-state index in [-0.39, 0.29) is 11.4 Å². The van der Waals surface area contributed by atoms with Crippen LogP contribution >= 0.6 is 0 Å². The van der Waals surface area contributed by atoms with Gasteiger partial charge in [0.05, 0.1) is 0 Å². The molecule has 3 heteroatoms. The van der Waals surface area contributed by atoms with E-state index in [0.717, 1.165) is 12.2 Å². The molecule has 0 fully saturated rings. The molecular weight excluding hydrogens is 204 g/mol. The average molecular weight is 212 g/mol. The first-order valence-corrected chi connectivity index (χ1v) is 4.76. The topological polar surface area (TPSA) is 51.2 Å². The van der Waals surface area contributed by atoms with Gasteiger partial charge >= 0.3 is 0 Å². The van der Waals surface area contributed by atoms with Gasteiger partial charge in [-0.2, -0.15) is 0 Å². The summed E-state index contributed by atoms with van der Waals surface area (Å²) in [5, 5.41) is 0. The first kappa shape index (κ1) is 10.2. The Morgan fingerprint density at radius 1 is 0.875 bits per heavy atom. The van der Waals surface area contributed by atoms with Crippen molar-refractivity contribution in [3.8, 4) is 0 Å². The number of Topliss-reactive ketones (excluding diaryl/α,β-unsaturated/α-hetero) is 1. The Kier molecular flexibility index (Phi) is 2.60. The summed E-state index contributed by atoms with van der Waals surface area (Å²) in [6, 6.07) is 8.62. The second-order valence-electron chi connectivity index (χ2n) is 3.36. The molecule has 0 radical (unpaired) electrons. The normalized spacial score (nSPS) is 14.9. The van der Waals surface area contributed by atoms with Crippen LogP contribution in [0.5, 0.6) is 0 Å². The van der Waals surface area contributed by atoms with Crippen molar-refractivity contribution < 1.29 is 14.4 Å². The second kappa shape index (κ2) is 4.06. The van der Waals surface area contributed by atoms with Crippen LogP contribution in [0.2, 0.25) is 0 Å². The smallest absolute Gasteiger partial charge is 0.226 e. The molecule has 1 aromatic carbocycles. The summed E-state index contributed by atoms with van der Waals surface area (Å²) in [7, 11) is 0. The first-order valence-electron chi connectivity index (χ1n) is 4.76. The molecule has 0 N–H and O–H groups in total. The monoisotopic (exact) mass is 212 g/mol. The minimum Gasteiger partial charge on any atom is -0.289 e. The van der Waals surface area contributed by atoms with Crippen molar-refractivity contribution >= 4 is 17.3 Å². The molecule has 3 nitrogen and oxygen atoms in total. The molecule has 0 aliphatic heterocycles. The third kappa shape index (κ3) is 1.88. The molecule has 0 unspecified atom stereocenters. The molecule has 0 amide bonds. The van der Waals surface area contributed by atoms with Gasteiger partial charge in [0, 0.05) is 17.2 Å². The van der Waals surface area contributed by atoms with E-state index in [1.165, 1.54) is 6.08 Å². The molecule has 2 rings (SSSR count). The molecule has 0 spiro atoms.